The topological polar surface area (TPSA) is 82.1 Å². The van der Waals surface area contributed by atoms with E-state index in [0.717, 1.165) is 11.1 Å². The van der Waals surface area contributed by atoms with Crippen LogP contribution in [-0.4, -0.2) is 46.1 Å². The summed E-state index contributed by atoms with van der Waals surface area (Å²) in [7, 11) is -1.08. The molecule has 0 aromatic heterocycles. The number of sulfonamides is 1. The van der Waals surface area contributed by atoms with Gasteiger partial charge in [-0.15, -0.1) is 0 Å². The summed E-state index contributed by atoms with van der Waals surface area (Å²) in [5, 5.41) is 0. The Morgan fingerprint density at radius 2 is 1.90 bits per heavy atom. The Bertz CT molecular complexity index is 988. The molecule has 0 bridgehead atoms. The van der Waals surface area contributed by atoms with Gasteiger partial charge >= 0.3 is 5.97 Å². The molecule has 156 valence electrons. The third-order valence-corrected chi connectivity index (χ3v) is 6.92. The zero-order chi connectivity index (χ0) is 21.0. The number of fused-ring (bicyclic) bond motifs is 1. The number of nitrogens with zero attached hydrogens (tertiary/aromatic N) is 1. The Balaban J connectivity index is 2.08. The van der Waals surface area contributed by atoms with Gasteiger partial charge in [0.15, 0.2) is 0 Å². The van der Waals surface area contributed by atoms with E-state index in [-0.39, 0.29) is 30.2 Å². The van der Waals surface area contributed by atoms with Gasteiger partial charge in [-0.1, -0.05) is 24.3 Å². The summed E-state index contributed by atoms with van der Waals surface area (Å²) in [5.41, 5.74) is 1.85. The van der Waals surface area contributed by atoms with E-state index in [2.05, 4.69) is 0 Å². The van der Waals surface area contributed by atoms with Crippen LogP contribution in [0.1, 0.15) is 30.5 Å². The highest BCUT2D eigenvalue weighted by Crippen LogP contribution is 2.39. The highest BCUT2D eigenvalue weighted by atomic mass is 32.2. The van der Waals surface area contributed by atoms with Gasteiger partial charge < -0.3 is 14.2 Å². The fourth-order valence-electron chi connectivity index (χ4n) is 3.62. The zero-order valence-corrected chi connectivity index (χ0v) is 17.6. The zero-order valence-electron chi connectivity index (χ0n) is 16.8. The number of benzene rings is 2. The minimum absolute atomic E-state index is 0.00703. The van der Waals surface area contributed by atoms with Crippen LogP contribution in [0, 0.1) is 0 Å². The van der Waals surface area contributed by atoms with Crippen molar-refractivity contribution in [1.82, 2.24) is 4.31 Å². The molecule has 1 atom stereocenters. The Hall–Kier alpha value is -2.58. The third-order valence-electron chi connectivity index (χ3n) is 4.99. The number of hydrogen-bond acceptors (Lipinski definition) is 6. The van der Waals surface area contributed by atoms with Crippen molar-refractivity contribution in [3.63, 3.8) is 0 Å². The SMILES string of the molecule is CCOC(=O)CC1c2ccccc2CCN1S(=O)(=O)c1cc(OC)ccc1OC. The molecule has 0 saturated carbocycles. The lowest BCUT2D eigenvalue weighted by molar-refractivity contribution is -0.144. The third kappa shape index (κ3) is 4.23. The number of hydrogen-bond donors (Lipinski definition) is 0. The van der Waals surface area contributed by atoms with Crippen molar-refractivity contribution in [2.45, 2.75) is 30.7 Å². The van der Waals surface area contributed by atoms with Gasteiger partial charge in [0.25, 0.3) is 0 Å². The minimum Gasteiger partial charge on any atom is -0.497 e. The summed E-state index contributed by atoms with van der Waals surface area (Å²) in [5.74, 6) is 0.190. The molecule has 1 unspecified atom stereocenters. The first-order valence-corrected chi connectivity index (χ1v) is 10.8. The first kappa shape index (κ1) is 21.1. The van der Waals surface area contributed by atoms with E-state index in [9.17, 15) is 13.2 Å². The van der Waals surface area contributed by atoms with Crippen molar-refractivity contribution in [2.24, 2.45) is 0 Å². The molecule has 29 heavy (non-hydrogen) atoms. The number of ether oxygens (including phenoxy) is 3. The van der Waals surface area contributed by atoms with Crippen molar-refractivity contribution in [2.75, 3.05) is 27.4 Å². The van der Waals surface area contributed by atoms with Crippen molar-refractivity contribution in [3.8, 4) is 11.5 Å². The Kier molecular flexibility index (Phi) is 6.44. The Labute approximate surface area is 171 Å². The van der Waals surface area contributed by atoms with Crippen LogP contribution in [0.4, 0.5) is 0 Å². The van der Waals surface area contributed by atoms with Crippen molar-refractivity contribution >= 4 is 16.0 Å². The Morgan fingerprint density at radius 3 is 2.59 bits per heavy atom. The maximum absolute atomic E-state index is 13.6. The lowest BCUT2D eigenvalue weighted by atomic mass is 9.92. The van der Waals surface area contributed by atoms with E-state index in [1.807, 2.05) is 24.3 Å². The van der Waals surface area contributed by atoms with Gasteiger partial charge in [0.2, 0.25) is 10.0 Å². The van der Waals surface area contributed by atoms with Crippen LogP contribution in [0.2, 0.25) is 0 Å². The summed E-state index contributed by atoms with van der Waals surface area (Å²) < 4.78 is 44.2. The number of carbonyl (C=O) groups is 1. The monoisotopic (exact) mass is 419 g/mol. The molecule has 1 aliphatic rings. The van der Waals surface area contributed by atoms with Gasteiger partial charge in [-0.25, -0.2) is 8.42 Å². The standard InChI is InChI=1S/C21H25NO6S/c1-4-28-21(23)14-18-17-8-6-5-7-15(17)11-12-22(18)29(24,25)20-13-16(26-2)9-10-19(20)27-3/h5-10,13,18H,4,11-12,14H2,1-3H3. The molecule has 0 fully saturated rings. The summed E-state index contributed by atoms with van der Waals surface area (Å²) in [6, 6.07) is 11.6. The highest BCUT2D eigenvalue weighted by Gasteiger charge is 2.39. The number of methoxy groups -OCH3 is 2. The minimum atomic E-state index is -3.97. The van der Waals surface area contributed by atoms with E-state index >= 15 is 0 Å². The van der Waals surface area contributed by atoms with Gasteiger partial charge in [0, 0.05) is 12.6 Å². The summed E-state index contributed by atoms with van der Waals surface area (Å²) in [6.45, 7) is 2.22. The molecule has 2 aromatic rings. The van der Waals surface area contributed by atoms with Gasteiger partial charge in [-0.2, -0.15) is 4.31 Å². The molecule has 0 amide bonds. The molecule has 2 aromatic carbocycles. The largest absolute Gasteiger partial charge is 0.497 e. The normalized spacial score (nSPS) is 16.7. The van der Waals surface area contributed by atoms with E-state index in [1.54, 1.807) is 19.1 Å². The maximum Gasteiger partial charge on any atom is 0.307 e. The predicted molar refractivity (Wildman–Crippen MR) is 108 cm³/mol. The lowest BCUT2D eigenvalue weighted by Crippen LogP contribution is -2.41. The van der Waals surface area contributed by atoms with Crippen LogP contribution in [0.5, 0.6) is 11.5 Å². The number of rotatable bonds is 7. The average molecular weight is 419 g/mol. The molecule has 0 saturated heterocycles. The van der Waals surface area contributed by atoms with Crippen LogP contribution in [0.25, 0.3) is 0 Å². The van der Waals surface area contributed by atoms with Crippen molar-refractivity contribution in [3.05, 3.63) is 53.6 Å². The second kappa shape index (κ2) is 8.84. The lowest BCUT2D eigenvalue weighted by Gasteiger charge is -2.36. The fraction of sp³-hybridized carbons (Fsp3) is 0.381. The highest BCUT2D eigenvalue weighted by molar-refractivity contribution is 7.89. The number of carbonyl (C=O) groups excluding carboxylic acids is 1. The van der Waals surface area contributed by atoms with Gasteiger partial charge in [0.1, 0.15) is 16.4 Å². The summed E-state index contributed by atoms with van der Waals surface area (Å²) in [6.07, 6.45) is 0.497. The second-order valence-corrected chi connectivity index (χ2v) is 8.47. The van der Waals surface area contributed by atoms with Crippen LogP contribution in [0.3, 0.4) is 0 Å². The van der Waals surface area contributed by atoms with E-state index in [1.165, 1.54) is 24.6 Å². The fourth-order valence-corrected chi connectivity index (χ4v) is 5.40. The summed E-state index contributed by atoms with van der Waals surface area (Å²) >= 11 is 0. The molecule has 0 radical (unpaired) electrons. The van der Waals surface area contributed by atoms with Crippen LogP contribution >= 0.6 is 0 Å². The summed E-state index contributed by atoms with van der Waals surface area (Å²) in [4.78, 5) is 12.3. The first-order valence-electron chi connectivity index (χ1n) is 9.39. The second-order valence-electron chi connectivity index (χ2n) is 6.61. The Morgan fingerprint density at radius 1 is 1.14 bits per heavy atom. The quantitative estimate of drug-likeness (QED) is 0.642. The van der Waals surface area contributed by atoms with Crippen LogP contribution in [-0.2, 0) is 26.0 Å². The first-order chi connectivity index (χ1) is 13.9. The molecule has 7 nitrogen and oxygen atoms in total. The van der Waals surface area contributed by atoms with Crippen molar-refractivity contribution < 1.29 is 27.4 Å². The molecule has 1 aliphatic heterocycles. The van der Waals surface area contributed by atoms with Gasteiger partial charge in [0.05, 0.1) is 33.3 Å². The van der Waals surface area contributed by atoms with Gasteiger partial charge in [-0.3, -0.25) is 4.79 Å². The predicted octanol–water partition coefficient (Wildman–Crippen LogP) is 2.95. The van der Waals surface area contributed by atoms with E-state index < -0.39 is 22.0 Å². The van der Waals surface area contributed by atoms with Crippen LogP contribution in [0.15, 0.2) is 47.4 Å². The molecule has 3 rings (SSSR count). The van der Waals surface area contributed by atoms with Crippen molar-refractivity contribution in [1.29, 1.82) is 0 Å². The maximum atomic E-state index is 13.6. The van der Waals surface area contributed by atoms with E-state index in [4.69, 9.17) is 14.2 Å². The molecule has 8 heteroatoms. The van der Waals surface area contributed by atoms with E-state index in [0.29, 0.717) is 12.2 Å². The smallest absolute Gasteiger partial charge is 0.307 e. The number of esters is 1. The average Bonchev–Trinajstić information content (AvgIpc) is 2.73. The molecule has 0 spiro atoms. The molecular weight excluding hydrogens is 394 g/mol. The molecule has 1 heterocycles. The van der Waals surface area contributed by atoms with Crippen LogP contribution < -0.4 is 9.47 Å². The molecule has 0 N–H and O–H groups in total. The molecular formula is C21H25NO6S. The molecule has 0 aliphatic carbocycles. The van der Waals surface area contributed by atoms with Gasteiger partial charge in [-0.05, 0) is 36.6 Å².